The van der Waals surface area contributed by atoms with Crippen LogP contribution in [0.1, 0.15) is 0 Å². The molecule has 0 saturated heterocycles. The lowest BCUT2D eigenvalue weighted by Gasteiger charge is -1.96. The van der Waals surface area contributed by atoms with Crippen molar-refractivity contribution in [1.82, 2.24) is 0 Å². The summed E-state index contributed by atoms with van der Waals surface area (Å²) >= 11 is 0. The Labute approximate surface area is 71.6 Å². The Bertz CT molecular complexity index is 372. The van der Waals surface area contributed by atoms with Gasteiger partial charge in [0, 0.05) is 0 Å². The van der Waals surface area contributed by atoms with Gasteiger partial charge in [-0.1, -0.05) is 30.4 Å². The lowest BCUT2D eigenvalue weighted by Crippen LogP contribution is -2.13. The summed E-state index contributed by atoms with van der Waals surface area (Å²) in [4.78, 5) is 0.114. The molecule has 0 unspecified atom stereocenters. The lowest BCUT2D eigenvalue weighted by molar-refractivity contribution is 0.604. The van der Waals surface area contributed by atoms with Gasteiger partial charge in [0.1, 0.15) is 0 Å². The van der Waals surface area contributed by atoms with E-state index in [0.717, 1.165) is 0 Å². The van der Waals surface area contributed by atoms with E-state index in [9.17, 15) is 8.42 Å². The molecule has 0 saturated carbocycles. The Morgan fingerprint density at radius 2 is 1.58 bits per heavy atom. The van der Waals surface area contributed by atoms with E-state index >= 15 is 0 Å². The summed E-state index contributed by atoms with van der Waals surface area (Å²) in [5.41, 5.74) is 0. The fraction of sp³-hybridized carbons (Fsp3) is 0. The molecule has 0 aromatic carbocycles. The maximum atomic E-state index is 10.9. The zero-order valence-electron chi connectivity index (χ0n) is 6.34. The molecule has 0 radical (unpaired) electrons. The predicted molar refractivity (Wildman–Crippen MR) is 48.6 cm³/mol. The average molecular weight is 183 g/mol. The first-order valence-corrected chi connectivity index (χ1v) is 4.90. The molecule has 0 heterocycles. The van der Waals surface area contributed by atoms with Crippen molar-refractivity contribution in [3.05, 3.63) is 47.4 Å². The van der Waals surface area contributed by atoms with Crippen LogP contribution in [0, 0.1) is 0 Å². The molecular formula is C8H9NO2S. The lowest BCUT2D eigenvalue weighted by atomic mass is 10.3. The molecule has 1 aliphatic rings. The highest BCUT2D eigenvalue weighted by molar-refractivity contribution is 7.93. The minimum atomic E-state index is -3.58. The largest absolute Gasteiger partial charge is 0.238 e. The molecule has 0 aromatic rings. The van der Waals surface area contributed by atoms with Crippen molar-refractivity contribution in [2.75, 3.05) is 0 Å². The molecule has 0 aromatic heterocycles. The van der Waals surface area contributed by atoms with E-state index in [-0.39, 0.29) is 4.91 Å². The molecule has 12 heavy (non-hydrogen) atoms. The van der Waals surface area contributed by atoms with Crippen LogP contribution < -0.4 is 5.14 Å². The van der Waals surface area contributed by atoms with Gasteiger partial charge in [-0.3, -0.25) is 0 Å². The molecule has 0 aliphatic heterocycles. The van der Waals surface area contributed by atoms with Gasteiger partial charge < -0.3 is 0 Å². The third kappa shape index (κ3) is 2.48. The molecule has 0 amide bonds. The van der Waals surface area contributed by atoms with E-state index in [0.29, 0.717) is 0 Å². The van der Waals surface area contributed by atoms with Crippen molar-refractivity contribution in [3.8, 4) is 0 Å². The molecule has 0 spiro atoms. The van der Waals surface area contributed by atoms with Crippen LogP contribution in [-0.2, 0) is 10.0 Å². The van der Waals surface area contributed by atoms with E-state index in [4.69, 9.17) is 5.14 Å². The highest BCUT2D eigenvalue weighted by Gasteiger charge is 2.06. The van der Waals surface area contributed by atoms with Crippen molar-refractivity contribution < 1.29 is 8.42 Å². The topological polar surface area (TPSA) is 60.2 Å². The quantitative estimate of drug-likeness (QED) is 0.654. The summed E-state index contributed by atoms with van der Waals surface area (Å²) in [5, 5.41) is 4.93. The average Bonchev–Trinajstić information content (AvgIpc) is 1.81. The van der Waals surface area contributed by atoms with Gasteiger partial charge in [-0.25, -0.2) is 13.6 Å². The number of primary sulfonamides is 1. The van der Waals surface area contributed by atoms with Crippen LogP contribution in [0.15, 0.2) is 47.4 Å². The van der Waals surface area contributed by atoms with Gasteiger partial charge in [0.15, 0.2) is 0 Å². The van der Waals surface area contributed by atoms with Crippen LogP contribution in [0.25, 0.3) is 0 Å². The van der Waals surface area contributed by atoms with E-state index in [1.165, 1.54) is 12.2 Å². The summed E-state index contributed by atoms with van der Waals surface area (Å²) in [7, 11) is -3.58. The highest BCUT2D eigenvalue weighted by Crippen LogP contribution is 2.05. The van der Waals surface area contributed by atoms with E-state index in [1.807, 2.05) is 0 Å². The van der Waals surface area contributed by atoms with Gasteiger partial charge in [-0.15, -0.1) is 0 Å². The van der Waals surface area contributed by atoms with Gasteiger partial charge >= 0.3 is 0 Å². The second-order valence-electron chi connectivity index (χ2n) is 2.24. The van der Waals surface area contributed by atoms with Crippen LogP contribution in [0.5, 0.6) is 0 Å². The summed E-state index contributed by atoms with van der Waals surface area (Å²) in [6, 6.07) is 0. The minimum Gasteiger partial charge on any atom is -0.225 e. The first kappa shape index (κ1) is 8.96. The molecule has 3 nitrogen and oxygen atoms in total. The Morgan fingerprint density at radius 1 is 1.00 bits per heavy atom. The van der Waals surface area contributed by atoms with Gasteiger partial charge in [-0.05, 0) is 12.2 Å². The van der Waals surface area contributed by atoms with Gasteiger partial charge in [-0.2, -0.15) is 0 Å². The van der Waals surface area contributed by atoms with Crippen molar-refractivity contribution in [2.45, 2.75) is 0 Å². The third-order valence-corrected chi connectivity index (χ3v) is 2.22. The van der Waals surface area contributed by atoms with Gasteiger partial charge in [0.05, 0.1) is 4.91 Å². The fourth-order valence-electron chi connectivity index (χ4n) is 0.738. The second kappa shape index (κ2) is 3.51. The first-order chi connectivity index (χ1) is 5.61. The molecular weight excluding hydrogens is 174 g/mol. The Kier molecular flexibility index (Phi) is 2.62. The van der Waals surface area contributed by atoms with Crippen LogP contribution >= 0.6 is 0 Å². The van der Waals surface area contributed by atoms with E-state index in [1.54, 1.807) is 30.4 Å². The molecule has 64 valence electrons. The number of hydrogen-bond donors (Lipinski definition) is 1. The summed E-state index contributed by atoms with van der Waals surface area (Å²) in [6.07, 6.45) is 11.4. The fourth-order valence-corrected chi connectivity index (χ4v) is 1.27. The third-order valence-electron chi connectivity index (χ3n) is 1.29. The summed E-state index contributed by atoms with van der Waals surface area (Å²) in [6.45, 7) is 0. The number of allylic oxidation sites excluding steroid dienone is 7. The maximum Gasteiger partial charge on any atom is 0.238 e. The Morgan fingerprint density at radius 3 is 2.25 bits per heavy atom. The zero-order valence-corrected chi connectivity index (χ0v) is 7.16. The number of nitrogens with two attached hydrogens (primary N) is 1. The molecule has 1 aliphatic carbocycles. The van der Waals surface area contributed by atoms with Crippen LogP contribution in [0.2, 0.25) is 0 Å². The maximum absolute atomic E-state index is 10.9. The van der Waals surface area contributed by atoms with E-state index < -0.39 is 10.0 Å². The number of hydrogen-bond acceptors (Lipinski definition) is 2. The SMILES string of the molecule is NS(=O)(=O)C1=C/C=C\C=C/C=C1. The van der Waals surface area contributed by atoms with Gasteiger partial charge in [0.25, 0.3) is 0 Å². The standard InChI is InChI=1S/C8H9NO2S/c9-12(10,11)8-6-4-2-1-3-5-7-8/h1-7H,(H2,9,10,11)/b2-1-,3-1?,4-2?,5-3-,6-4?,7-5?,8-6?,8-7?. The Balaban J connectivity index is 3.07. The van der Waals surface area contributed by atoms with Gasteiger partial charge in [0.2, 0.25) is 10.0 Å². The van der Waals surface area contributed by atoms with Crippen LogP contribution in [0.4, 0.5) is 0 Å². The van der Waals surface area contributed by atoms with Crippen LogP contribution in [-0.4, -0.2) is 8.42 Å². The van der Waals surface area contributed by atoms with Crippen molar-refractivity contribution in [3.63, 3.8) is 0 Å². The summed E-state index contributed by atoms with van der Waals surface area (Å²) in [5.74, 6) is 0. The van der Waals surface area contributed by atoms with Crippen molar-refractivity contribution >= 4 is 10.0 Å². The molecule has 2 N–H and O–H groups in total. The zero-order chi connectivity index (χ0) is 9.03. The van der Waals surface area contributed by atoms with Crippen LogP contribution in [0.3, 0.4) is 0 Å². The normalized spacial score (nSPS) is 22.2. The van der Waals surface area contributed by atoms with E-state index in [2.05, 4.69) is 0 Å². The Hall–Kier alpha value is -1.13. The number of sulfonamides is 1. The summed E-state index contributed by atoms with van der Waals surface area (Å²) < 4.78 is 21.7. The monoisotopic (exact) mass is 183 g/mol. The number of rotatable bonds is 1. The smallest absolute Gasteiger partial charge is 0.225 e. The molecule has 1 rings (SSSR count). The van der Waals surface area contributed by atoms with Crippen molar-refractivity contribution in [1.29, 1.82) is 0 Å². The van der Waals surface area contributed by atoms with Crippen molar-refractivity contribution in [2.24, 2.45) is 5.14 Å². The second-order valence-corrected chi connectivity index (χ2v) is 3.80. The molecule has 0 fully saturated rings. The molecule has 0 atom stereocenters. The molecule has 0 bridgehead atoms. The highest BCUT2D eigenvalue weighted by atomic mass is 32.2. The first-order valence-electron chi connectivity index (χ1n) is 3.35. The minimum absolute atomic E-state index is 0.114. The predicted octanol–water partition coefficient (Wildman–Crippen LogP) is 0.841. The molecule has 4 heteroatoms.